The molecule has 1 amide bonds. The van der Waals surface area contributed by atoms with Crippen LogP contribution in [-0.2, 0) is 13.7 Å². The summed E-state index contributed by atoms with van der Waals surface area (Å²) in [6.45, 7) is -0.254. The number of carbonyl (C=O) groups excluding carboxylic acids is 1. The zero-order chi connectivity index (χ0) is 17.0. The van der Waals surface area contributed by atoms with Crippen molar-refractivity contribution in [3.63, 3.8) is 0 Å². The molecule has 1 aromatic heterocycles. The Kier molecular flexibility index (Phi) is 5.42. The second-order valence-electron chi connectivity index (χ2n) is 4.37. The lowest BCUT2D eigenvalue weighted by atomic mass is 10.1. The third kappa shape index (κ3) is 4.80. The van der Waals surface area contributed by atoms with Gasteiger partial charge in [-0.05, 0) is 23.9 Å². The number of nitrogens with one attached hydrogen (secondary N) is 1. The minimum Gasteiger partial charge on any atom is -0.472 e. The smallest absolute Gasteiger partial charge is 0.446 e. The maximum Gasteiger partial charge on any atom is 0.446 e. The predicted octanol–water partition coefficient (Wildman–Crippen LogP) is 3.49. The lowest BCUT2D eigenvalue weighted by molar-refractivity contribution is -0.0328. The Balaban J connectivity index is 2.33. The average molecular weight is 366 g/mol. The van der Waals surface area contributed by atoms with Gasteiger partial charge in [0.25, 0.3) is 5.91 Å². The summed E-state index contributed by atoms with van der Waals surface area (Å²) in [7, 11) is 1.67. The van der Waals surface area contributed by atoms with Gasteiger partial charge in [0.15, 0.2) is 0 Å². The minimum absolute atomic E-state index is 0.00480. The normalized spacial score (nSPS) is 11.3. The zero-order valence-corrected chi connectivity index (χ0v) is 13.3. The van der Waals surface area contributed by atoms with Gasteiger partial charge in [0, 0.05) is 47.1 Å². The van der Waals surface area contributed by atoms with Crippen LogP contribution < -0.4 is 9.57 Å². The molecule has 1 heterocycles. The fraction of sp³-hybridized carbons (Fsp3) is 0.231. The van der Waals surface area contributed by atoms with Crippen LogP contribution in [0.15, 0.2) is 35.4 Å². The van der Waals surface area contributed by atoms with Gasteiger partial charge in [-0.25, -0.2) is 0 Å². The molecule has 0 aliphatic rings. The maximum atomic E-state index is 12.7. The molecule has 2 aromatic rings. The quantitative estimate of drug-likeness (QED) is 0.651. The lowest BCUT2D eigenvalue weighted by Gasteiger charge is -2.14. The summed E-state index contributed by atoms with van der Waals surface area (Å²) in [5, 5.41) is 3.96. The van der Waals surface area contributed by atoms with E-state index in [-0.39, 0.29) is 40.3 Å². The van der Waals surface area contributed by atoms with Crippen molar-refractivity contribution in [1.29, 1.82) is 0 Å². The minimum atomic E-state index is -4.49. The van der Waals surface area contributed by atoms with E-state index >= 15 is 0 Å². The molecule has 0 bridgehead atoms. The van der Waals surface area contributed by atoms with E-state index in [2.05, 4.69) is 5.10 Å². The van der Waals surface area contributed by atoms with E-state index in [9.17, 15) is 18.0 Å². The number of hydrogen-bond acceptors (Lipinski definition) is 4. The molecule has 0 saturated heterocycles. The Bertz CT molecular complexity index is 706. The van der Waals surface area contributed by atoms with E-state index in [4.69, 9.17) is 16.5 Å². The summed E-state index contributed by atoms with van der Waals surface area (Å²) in [6.07, 6.45) is 1.62. The van der Waals surface area contributed by atoms with Crippen LogP contribution in [0.1, 0.15) is 15.9 Å². The summed E-state index contributed by atoms with van der Waals surface area (Å²) >= 11 is 4.96. The van der Waals surface area contributed by atoms with Crippen molar-refractivity contribution in [1.82, 2.24) is 14.6 Å². The van der Waals surface area contributed by atoms with Crippen LogP contribution in [0.2, 0.25) is 0 Å². The fourth-order valence-corrected chi connectivity index (χ4v) is 2.61. The highest BCUT2D eigenvalue weighted by molar-refractivity contribution is 8.00. The highest BCUT2D eigenvalue weighted by Crippen LogP contribution is 2.39. The van der Waals surface area contributed by atoms with Crippen molar-refractivity contribution >= 4 is 29.4 Å². The highest BCUT2D eigenvalue weighted by Gasteiger charge is 2.31. The molecule has 124 valence electrons. The molecule has 2 rings (SSSR count). The second kappa shape index (κ2) is 7.14. The molecule has 1 aromatic carbocycles. The van der Waals surface area contributed by atoms with E-state index in [0.29, 0.717) is 0 Å². The molecule has 1 N–H and O–H groups in total. The summed E-state index contributed by atoms with van der Waals surface area (Å²) in [6, 6.07) is 5.54. The van der Waals surface area contributed by atoms with Gasteiger partial charge < -0.3 is 4.74 Å². The van der Waals surface area contributed by atoms with Gasteiger partial charge in [-0.2, -0.15) is 13.2 Å². The standard InChI is InChI=1S/C13H11ClF3N3O2S/c1-20-6-5-11(19-20)22-7-9-8(12(21)18-14)3-2-4-10(9)23-13(15,16)17/h2-6H,7H2,1H3,(H,18,21). The van der Waals surface area contributed by atoms with E-state index in [0.717, 1.165) is 0 Å². The molecule has 0 aliphatic heterocycles. The van der Waals surface area contributed by atoms with Gasteiger partial charge in [-0.15, -0.1) is 5.10 Å². The van der Waals surface area contributed by atoms with Gasteiger partial charge >= 0.3 is 5.51 Å². The molecular weight excluding hydrogens is 355 g/mol. The van der Waals surface area contributed by atoms with Gasteiger partial charge in [-0.1, -0.05) is 6.07 Å². The van der Waals surface area contributed by atoms with Crippen LogP contribution >= 0.6 is 23.5 Å². The maximum absolute atomic E-state index is 12.7. The SMILES string of the molecule is Cn1ccc(OCc2c(SC(F)(F)F)cccc2C(=O)NCl)n1. The molecule has 5 nitrogen and oxygen atoms in total. The number of halogens is 4. The van der Waals surface area contributed by atoms with Gasteiger partial charge in [0.05, 0.1) is 0 Å². The molecule has 0 spiro atoms. The van der Waals surface area contributed by atoms with Crippen LogP contribution in [0.3, 0.4) is 0 Å². The first-order valence-electron chi connectivity index (χ1n) is 6.21. The third-order valence-corrected chi connectivity index (χ3v) is 3.75. The number of aromatic nitrogens is 2. The summed E-state index contributed by atoms with van der Waals surface area (Å²) < 4.78 is 44.9. The van der Waals surface area contributed by atoms with Crippen molar-refractivity contribution in [2.45, 2.75) is 17.0 Å². The first kappa shape index (κ1) is 17.5. The van der Waals surface area contributed by atoms with Gasteiger partial charge in [-0.3, -0.25) is 14.3 Å². The molecule has 0 saturated carbocycles. The van der Waals surface area contributed by atoms with Crippen molar-refractivity contribution < 1.29 is 22.7 Å². The number of carbonyl (C=O) groups is 1. The number of ether oxygens (including phenoxy) is 1. The van der Waals surface area contributed by atoms with Crippen LogP contribution in [0.4, 0.5) is 13.2 Å². The van der Waals surface area contributed by atoms with Crippen LogP contribution in [-0.4, -0.2) is 21.2 Å². The lowest BCUT2D eigenvalue weighted by Crippen LogP contribution is -2.17. The number of thioether (sulfide) groups is 1. The van der Waals surface area contributed by atoms with Gasteiger partial charge in [0.2, 0.25) is 5.88 Å². The zero-order valence-electron chi connectivity index (χ0n) is 11.7. The average Bonchev–Trinajstić information content (AvgIpc) is 2.89. The molecule has 0 radical (unpaired) electrons. The number of nitrogens with zero attached hydrogens (tertiary/aromatic N) is 2. The topological polar surface area (TPSA) is 56.1 Å². The molecular formula is C13H11ClF3N3O2S. The van der Waals surface area contributed by atoms with Crippen molar-refractivity contribution in [3.8, 4) is 5.88 Å². The predicted molar refractivity (Wildman–Crippen MR) is 79.2 cm³/mol. The van der Waals surface area contributed by atoms with Crippen LogP contribution in [0, 0.1) is 0 Å². The van der Waals surface area contributed by atoms with Crippen LogP contribution in [0.5, 0.6) is 5.88 Å². The number of alkyl halides is 3. The third-order valence-electron chi connectivity index (χ3n) is 2.74. The number of hydrogen-bond donors (Lipinski definition) is 1. The number of aryl methyl sites for hydroxylation is 1. The van der Waals surface area contributed by atoms with Crippen molar-refractivity contribution in [3.05, 3.63) is 41.6 Å². The van der Waals surface area contributed by atoms with E-state index < -0.39 is 11.4 Å². The Morgan fingerprint density at radius 2 is 2.17 bits per heavy atom. The Hall–Kier alpha value is -1.87. The molecule has 0 atom stereocenters. The highest BCUT2D eigenvalue weighted by atomic mass is 35.5. The van der Waals surface area contributed by atoms with Crippen LogP contribution in [0.25, 0.3) is 0 Å². The number of benzene rings is 1. The first-order chi connectivity index (χ1) is 10.8. The first-order valence-corrected chi connectivity index (χ1v) is 7.40. The van der Waals surface area contributed by atoms with Crippen molar-refractivity contribution in [2.24, 2.45) is 7.05 Å². The fourth-order valence-electron chi connectivity index (χ4n) is 1.82. The van der Waals surface area contributed by atoms with Crippen molar-refractivity contribution in [2.75, 3.05) is 0 Å². The molecule has 0 unspecified atom stereocenters. The summed E-state index contributed by atoms with van der Waals surface area (Å²) in [4.78, 5) is 13.5. The summed E-state index contributed by atoms with van der Waals surface area (Å²) in [5.41, 5.74) is -4.40. The number of amides is 1. The monoisotopic (exact) mass is 365 g/mol. The molecule has 10 heteroatoms. The largest absolute Gasteiger partial charge is 0.472 e. The van der Waals surface area contributed by atoms with E-state index in [1.165, 1.54) is 22.9 Å². The van der Waals surface area contributed by atoms with Gasteiger partial charge in [0.1, 0.15) is 6.61 Å². The number of rotatable bonds is 5. The van der Waals surface area contributed by atoms with E-state index in [1.807, 2.05) is 4.84 Å². The second-order valence-corrected chi connectivity index (χ2v) is 5.67. The van der Waals surface area contributed by atoms with E-state index in [1.54, 1.807) is 19.3 Å². The Morgan fingerprint density at radius 1 is 1.43 bits per heavy atom. The molecule has 0 fully saturated rings. The molecule has 23 heavy (non-hydrogen) atoms. The Morgan fingerprint density at radius 3 is 2.74 bits per heavy atom. The molecule has 0 aliphatic carbocycles. The Labute approximate surface area is 138 Å². The summed E-state index contributed by atoms with van der Waals surface area (Å²) in [5.74, 6) is -0.479.